The highest BCUT2D eigenvalue weighted by Crippen LogP contribution is 2.29. The van der Waals surface area contributed by atoms with Crippen LogP contribution in [0.3, 0.4) is 0 Å². The number of oxazole rings is 1. The Morgan fingerprint density at radius 1 is 1.26 bits per heavy atom. The Morgan fingerprint density at radius 3 is 2.70 bits per heavy atom. The molecule has 5 nitrogen and oxygen atoms in total. The van der Waals surface area contributed by atoms with Crippen LogP contribution in [-0.2, 0) is 4.79 Å². The van der Waals surface area contributed by atoms with Crippen molar-refractivity contribution in [3.8, 4) is 17.2 Å². The minimum absolute atomic E-state index is 0.270. The van der Waals surface area contributed by atoms with Gasteiger partial charge < -0.3 is 14.5 Å². The molecule has 1 amide bonds. The number of carbonyl (C=O) groups is 1. The lowest BCUT2D eigenvalue weighted by atomic mass is 10.2. The van der Waals surface area contributed by atoms with Gasteiger partial charge in [-0.05, 0) is 73.1 Å². The summed E-state index contributed by atoms with van der Waals surface area (Å²) in [5, 5.41) is 3.43. The first kappa shape index (κ1) is 19.5. The number of nitrogens with zero attached hydrogens (tertiary/aromatic N) is 1. The molecule has 27 heavy (non-hydrogen) atoms. The Labute approximate surface area is 170 Å². The van der Waals surface area contributed by atoms with Crippen LogP contribution in [-0.4, -0.2) is 17.0 Å². The van der Waals surface area contributed by atoms with Gasteiger partial charge in [-0.3, -0.25) is 4.79 Å². The molecule has 1 heterocycles. The van der Waals surface area contributed by atoms with Gasteiger partial charge in [-0.2, -0.15) is 0 Å². The summed E-state index contributed by atoms with van der Waals surface area (Å²) in [7, 11) is 0. The summed E-state index contributed by atoms with van der Waals surface area (Å²) < 4.78 is 12.1. The molecule has 0 spiro atoms. The Balaban J connectivity index is 1.71. The Hall–Kier alpha value is -2.31. The lowest BCUT2D eigenvalue weighted by molar-refractivity contribution is -0.122. The predicted octanol–water partition coefficient (Wildman–Crippen LogP) is 5.78. The molecule has 0 aliphatic rings. The van der Waals surface area contributed by atoms with Crippen molar-refractivity contribution in [3.63, 3.8) is 0 Å². The lowest BCUT2D eigenvalue weighted by Crippen LogP contribution is -2.30. The van der Waals surface area contributed by atoms with E-state index in [1.807, 2.05) is 32.0 Å². The van der Waals surface area contributed by atoms with Crippen molar-refractivity contribution in [1.29, 1.82) is 0 Å². The zero-order chi connectivity index (χ0) is 19.6. The van der Waals surface area contributed by atoms with Crippen molar-refractivity contribution in [2.24, 2.45) is 0 Å². The zero-order valence-electron chi connectivity index (χ0n) is 15.0. The van der Waals surface area contributed by atoms with Crippen LogP contribution in [0.4, 0.5) is 5.69 Å². The summed E-state index contributed by atoms with van der Waals surface area (Å²) in [6.45, 7) is 5.44. The Morgan fingerprint density at radius 2 is 2.04 bits per heavy atom. The fraction of sp³-hybridized carbons (Fsp3) is 0.200. The number of aromatic nitrogens is 1. The summed E-state index contributed by atoms with van der Waals surface area (Å²) in [5.74, 6) is 1.57. The molecule has 3 aromatic rings. The number of rotatable bonds is 5. The molecule has 2 aromatic carbocycles. The number of hydrogen-bond donors (Lipinski definition) is 1. The van der Waals surface area contributed by atoms with Gasteiger partial charge in [0.2, 0.25) is 5.89 Å². The molecule has 0 aliphatic carbocycles. The van der Waals surface area contributed by atoms with E-state index >= 15 is 0 Å². The van der Waals surface area contributed by atoms with Crippen LogP contribution in [0, 0.1) is 13.8 Å². The summed E-state index contributed by atoms with van der Waals surface area (Å²) >= 11 is 9.30. The highest BCUT2D eigenvalue weighted by atomic mass is 79.9. The maximum atomic E-state index is 12.5. The average molecular weight is 450 g/mol. The van der Waals surface area contributed by atoms with Gasteiger partial charge in [-0.1, -0.05) is 17.7 Å². The van der Waals surface area contributed by atoms with Gasteiger partial charge >= 0.3 is 0 Å². The normalized spacial score (nSPS) is 11.9. The number of ether oxygens (including phenoxy) is 1. The molecule has 1 atom stereocenters. The van der Waals surface area contributed by atoms with Crippen LogP contribution in [0.25, 0.3) is 11.5 Å². The largest absolute Gasteiger partial charge is 0.480 e. The molecular formula is C20H18BrClN2O3. The van der Waals surface area contributed by atoms with Gasteiger partial charge in [0.15, 0.2) is 6.10 Å². The van der Waals surface area contributed by atoms with E-state index in [0.29, 0.717) is 26.8 Å². The number of benzene rings is 2. The smallest absolute Gasteiger partial charge is 0.265 e. The Bertz CT molecular complexity index is 968. The van der Waals surface area contributed by atoms with Crippen LogP contribution in [0.2, 0.25) is 5.02 Å². The first-order valence-electron chi connectivity index (χ1n) is 8.30. The molecular weight excluding hydrogens is 432 g/mol. The molecule has 1 N–H and O–H groups in total. The van der Waals surface area contributed by atoms with Crippen molar-refractivity contribution in [2.75, 3.05) is 5.32 Å². The first-order chi connectivity index (χ1) is 12.8. The third kappa shape index (κ3) is 4.70. The van der Waals surface area contributed by atoms with Crippen LogP contribution in [0.1, 0.15) is 18.4 Å². The minimum Gasteiger partial charge on any atom is -0.480 e. The number of nitrogens with one attached hydrogen (secondary N) is 1. The second-order valence-corrected chi connectivity index (χ2v) is 7.36. The van der Waals surface area contributed by atoms with Gasteiger partial charge in [0.05, 0.1) is 10.2 Å². The van der Waals surface area contributed by atoms with Crippen molar-refractivity contribution in [1.82, 2.24) is 4.98 Å². The summed E-state index contributed by atoms with van der Waals surface area (Å²) in [4.78, 5) is 16.9. The van der Waals surface area contributed by atoms with Gasteiger partial charge in [0, 0.05) is 16.3 Å². The molecule has 0 bridgehead atoms. The number of carbonyl (C=O) groups excluding carboxylic acids is 1. The van der Waals surface area contributed by atoms with E-state index in [9.17, 15) is 4.79 Å². The minimum atomic E-state index is -0.697. The number of amides is 1. The lowest BCUT2D eigenvalue weighted by Gasteiger charge is -2.16. The van der Waals surface area contributed by atoms with Crippen molar-refractivity contribution < 1.29 is 13.9 Å². The SMILES string of the molecule is Cc1nc(-c2cccc(NC(=O)C(C)Oc3ccc(Cl)cc3Br)c2)oc1C. The fourth-order valence-electron chi connectivity index (χ4n) is 2.38. The number of halogens is 2. The highest BCUT2D eigenvalue weighted by Gasteiger charge is 2.17. The number of hydrogen-bond acceptors (Lipinski definition) is 4. The number of anilines is 1. The molecule has 0 saturated carbocycles. The average Bonchev–Trinajstić information content (AvgIpc) is 2.96. The van der Waals surface area contributed by atoms with Crippen LogP contribution >= 0.6 is 27.5 Å². The van der Waals surface area contributed by atoms with E-state index < -0.39 is 6.10 Å². The van der Waals surface area contributed by atoms with E-state index in [1.165, 1.54) is 0 Å². The third-order valence-electron chi connectivity index (χ3n) is 3.97. The van der Waals surface area contributed by atoms with Crippen LogP contribution in [0.15, 0.2) is 51.4 Å². The second kappa shape index (κ2) is 8.15. The van der Waals surface area contributed by atoms with Crippen LogP contribution < -0.4 is 10.1 Å². The summed E-state index contributed by atoms with van der Waals surface area (Å²) in [6.07, 6.45) is -0.697. The van der Waals surface area contributed by atoms with Crippen molar-refractivity contribution in [2.45, 2.75) is 26.9 Å². The van der Waals surface area contributed by atoms with Gasteiger partial charge in [-0.15, -0.1) is 0 Å². The summed E-state index contributed by atoms with van der Waals surface area (Å²) in [5.41, 5.74) is 2.27. The molecule has 1 aromatic heterocycles. The molecule has 0 fully saturated rings. The molecule has 7 heteroatoms. The molecule has 0 aliphatic heterocycles. The third-order valence-corrected chi connectivity index (χ3v) is 4.83. The van der Waals surface area contributed by atoms with E-state index in [4.69, 9.17) is 20.8 Å². The molecule has 3 rings (SSSR count). The van der Waals surface area contributed by atoms with E-state index in [1.54, 1.807) is 31.2 Å². The molecule has 0 radical (unpaired) electrons. The van der Waals surface area contributed by atoms with Crippen LogP contribution in [0.5, 0.6) is 5.75 Å². The molecule has 1 unspecified atom stereocenters. The van der Waals surface area contributed by atoms with E-state index in [2.05, 4.69) is 26.2 Å². The quantitative estimate of drug-likeness (QED) is 0.536. The predicted molar refractivity (Wildman–Crippen MR) is 109 cm³/mol. The number of aryl methyl sites for hydroxylation is 2. The van der Waals surface area contributed by atoms with Crippen molar-refractivity contribution in [3.05, 3.63) is 63.4 Å². The van der Waals surface area contributed by atoms with Gasteiger partial charge in [0.1, 0.15) is 11.5 Å². The molecule has 140 valence electrons. The molecule has 0 saturated heterocycles. The first-order valence-corrected chi connectivity index (χ1v) is 9.47. The maximum Gasteiger partial charge on any atom is 0.265 e. The zero-order valence-corrected chi connectivity index (χ0v) is 17.4. The van der Waals surface area contributed by atoms with E-state index in [-0.39, 0.29) is 5.91 Å². The van der Waals surface area contributed by atoms with E-state index in [0.717, 1.165) is 17.0 Å². The highest BCUT2D eigenvalue weighted by molar-refractivity contribution is 9.10. The fourth-order valence-corrected chi connectivity index (χ4v) is 3.16. The van der Waals surface area contributed by atoms with Gasteiger partial charge in [0.25, 0.3) is 5.91 Å². The second-order valence-electron chi connectivity index (χ2n) is 6.07. The standard InChI is InChI=1S/C20H18BrClN2O3/c1-11-12(2)27-20(23-11)14-5-4-6-16(9-14)24-19(25)13(3)26-18-8-7-15(22)10-17(18)21/h4-10,13H,1-3H3,(H,24,25). The van der Waals surface area contributed by atoms with Gasteiger partial charge in [-0.25, -0.2) is 4.98 Å². The monoisotopic (exact) mass is 448 g/mol. The topological polar surface area (TPSA) is 64.4 Å². The summed E-state index contributed by atoms with van der Waals surface area (Å²) in [6, 6.07) is 12.5. The Kier molecular flexibility index (Phi) is 5.87. The van der Waals surface area contributed by atoms with Crippen molar-refractivity contribution >= 4 is 39.1 Å². The maximum absolute atomic E-state index is 12.5.